The Morgan fingerprint density at radius 2 is 2.19 bits per heavy atom. The minimum atomic E-state index is -1.04. The van der Waals surface area contributed by atoms with Gasteiger partial charge in [0.15, 0.2) is 16.6 Å². The van der Waals surface area contributed by atoms with E-state index in [9.17, 15) is 4.79 Å². The van der Waals surface area contributed by atoms with Crippen molar-refractivity contribution in [3.05, 3.63) is 63.8 Å². The number of hydrogen-bond acceptors (Lipinski definition) is 7. The second-order valence-electron chi connectivity index (χ2n) is 5.32. The Hall–Kier alpha value is -2.62. The fourth-order valence-electron chi connectivity index (χ4n) is 2.38. The highest BCUT2D eigenvalue weighted by Gasteiger charge is 2.19. The Kier molecular flexibility index (Phi) is 4.97. The lowest BCUT2D eigenvalue weighted by atomic mass is 10.3. The summed E-state index contributed by atoms with van der Waals surface area (Å²) >= 11 is 8.85. The van der Waals surface area contributed by atoms with Gasteiger partial charge in [-0.3, -0.25) is 4.57 Å². The van der Waals surface area contributed by atoms with Gasteiger partial charge in [-0.2, -0.15) is 0 Å². The van der Waals surface area contributed by atoms with E-state index >= 15 is 0 Å². The molecule has 0 aliphatic rings. The first-order chi connectivity index (χ1) is 13.1. The molecule has 0 bridgehead atoms. The molecule has 3 heterocycles. The molecule has 10 heteroatoms. The summed E-state index contributed by atoms with van der Waals surface area (Å²) in [7, 11) is 0. The number of aromatic carboxylic acids is 1. The van der Waals surface area contributed by atoms with E-state index in [1.54, 1.807) is 24.5 Å². The van der Waals surface area contributed by atoms with Crippen molar-refractivity contribution in [1.82, 2.24) is 19.7 Å². The summed E-state index contributed by atoms with van der Waals surface area (Å²) in [5.41, 5.74) is 0.843. The van der Waals surface area contributed by atoms with Gasteiger partial charge in [0, 0.05) is 10.4 Å². The highest BCUT2D eigenvalue weighted by Crippen LogP contribution is 2.31. The quantitative estimate of drug-likeness (QED) is 0.456. The van der Waals surface area contributed by atoms with Crippen LogP contribution >= 0.6 is 34.7 Å². The number of hydrogen-bond donors (Lipinski definition) is 1. The van der Waals surface area contributed by atoms with Crippen LogP contribution in [0.25, 0.3) is 17.3 Å². The molecule has 27 heavy (non-hydrogen) atoms. The smallest absolute Gasteiger partial charge is 0.355 e. The molecular weight excluding hydrogens is 408 g/mol. The van der Waals surface area contributed by atoms with Crippen LogP contribution in [0.1, 0.15) is 15.5 Å². The van der Waals surface area contributed by atoms with Crippen LogP contribution in [-0.2, 0) is 5.75 Å². The summed E-state index contributed by atoms with van der Waals surface area (Å²) in [5.74, 6) is 0.561. The molecule has 0 spiro atoms. The summed E-state index contributed by atoms with van der Waals surface area (Å²) in [6, 6.07) is 10.9. The SMILES string of the molecule is O=C(O)c1csc(CSc2nnc(-c3ccco3)n2-c2cccc(Cl)c2)n1. The number of rotatable bonds is 6. The van der Waals surface area contributed by atoms with Crippen molar-refractivity contribution >= 4 is 40.7 Å². The molecule has 0 aliphatic carbocycles. The minimum Gasteiger partial charge on any atom is -0.476 e. The number of carbonyl (C=O) groups is 1. The minimum absolute atomic E-state index is 0.0446. The molecule has 4 aromatic rings. The molecule has 7 nitrogen and oxygen atoms in total. The zero-order valence-electron chi connectivity index (χ0n) is 13.6. The monoisotopic (exact) mass is 418 g/mol. The second-order valence-corrected chi connectivity index (χ2v) is 7.64. The maximum atomic E-state index is 11.0. The van der Waals surface area contributed by atoms with Crippen LogP contribution in [-0.4, -0.2) is 30.8 Å². The zero-order chi connectivity index (χ0) is 18.8. The lowest BCUT2D eigenvalue weighted by molar-refractivity contribution is 0.0691. The predicted molar refractivity (Wildman–Crippen MR) is 103 cm³/mol. The first kappa shape index (κ1) is 17.8. The molecule has 1 aromatic carbocycles. The molecule has 0 atom stereocenters. The number of carboxylic acid groups (broad SMARTS) is 1. The molecule has 3 aromatic heterocycles. The second kappa shape index (κ2) is 7.55. The summed E-state index contributed by atoms with van der Waals surface area (Å²) in [4.78, 5) is 15.1. The third kappa shape index (κ3) is 3.75. The first-order valence-corrected chi connectivity index (χ1v) is 9.92. The molecule has 0 radical (unpaired) electrons. The van der Waals surface area contributed by atoms with Crippen LogP contribution in [0, 0.1) is 0 Å². The van der Waals surface area contributed by atoms with E-state index in [4.69, 9.17) is 21.1 Å². The van der Waals surface area contributed by atoms with Crippen LogP contribution in [0.2, 0.25) is 5.02 Å². The Bertz CT molecular complexity index is 1090. The van der Waals surface area contributed by atoms with Gasteiger partial charge < -0.3 is 9.52 Å². The third-order valence-electron chi connectivity index (χ3n) is 3.54. The zero-order valence-corrected chi connectivity index (χ0v) is 16.0. The van der Waals surface area contributed by atoms with Crippen LogP contribution < -0.4 is 0 Å². The standard InChI is InChI=1S/C17H11ClN4O3S2/c18-10-3-1-4-11(7-10)22-15(13-5-2-6-25-13)20-21-17(22)27-9-14-19-12(8-26-14)16(23)24/h1-8H,9H2,(H,23,24). The maximum absolute atomic E-state index is 11.0. The molecule has 0 saturated heterocycles. The molecular formula is C17H11ClN4O3S2. The van der Waals surface area contributed by atoms with Crippen LogP contribution in [0.5, 0.6) is 0 Å². The number of nitrogens with zero attached hydrogens (tertiary/aromatic N) is 4. The van der Waals surface area contributed by atoms with E-state index in [0.29, 0.717) is 32.5 Å². The van der Waals surface area contributed by atoms with Gasteiger partial charge in [0.1, 0.15) is 5.01 Å². The number of thiazole rings is 1. The summed E-state index contributed by atoms with van der Waals surface area (Å²) in [6.45, 7) is 0. The van der Waals surface area contributed by atoms with Crippen molar-refractivity contribution < 1.29 is 14.3 Å². The largest absolute Gasteiger partial charge is 0.476 e. The Morgan fingerprint density at radius 3 is 2.89 bits per heavy atom. The average molecular weight is 419 g/mol. The van der Waals surface area contributed by atoms with Crippen molar-refractivity contribution in [3.63, 3.8) is 0 Å². The van der Waals surface area contributed by atoms with Gasteiger partial charge in [0.2, 0.25) is 5.82 Å². The molecule has 0 aliphatic heterocycles. The molecule has 136 valence electrons. The lowest BCUT2D eigenvalue weighted by Gasteiger charge is -2.09. The summed E-state index contributed by atoms with van der Waals surface area (Å²) in [6.07, 6.45) is 1.57. The van der Waals surface area contributed by atoms with E-state index in [1.807, 2.05) is 22.8 Å². The molecule has 0 saturated carbocycles. The van der Waals surface area contributed by atoms with E-state index in [2.05, 4.69) is 15.2 Å². The number of thioether (sulfide) groups is 1. The number of aromatic nitrogens is 4. The highest BCUT2D eigenvalue weighted by atomic mass is 35.5. The maximum Gasteiger partial charge on any atom is 0.355 e. The molecule has 0 amide bonds. The fraction of sp³-hybridized carbons (Fsp3) is 0.0588. The number of carboxylic acids is 1. The van der Waals surface area contributed by atoms with Crippen molar-refractivity contribution in [3.8, 4) is 17.3 Å². The van der Waals surface area contributed by atoms with E-state index in [0.717, 1.165) is 5.69 Å². The fourth-order valence-corrected chi connectivity index (χ4v) is 4.30. The first-order valence-electron chi connectivity index (χ1n) is 7.67. The number of furan rings is 1. The van der Waals surface area contributed by atoms with Gasteiger partial charge in [-0.15, -0.1) is 21.5 Å². The van der Waals surface area contributed by atoms with Crippen molar-refractivity contribution in [2.75, 3.05) is 0 Å². The Labute approximate surface area is 166 Å². The van der Waals surface area contributed by atoms with Gasteiger partial charge in [-0.05, 0) is 30.3 Å². The van der Waals surface area contributed by atoms with Gasteiger partial charge in [0.25, 0.3) is 0 Å². The Morgan fingerprint density at radius 1 is 1.30 bits per heavy atom. The summed E-state index contributed by atoms with van der Waals surface area (Å²) in [5, 5.41) is 20.9. The van der Waals surface area contributed by atoms with Crippen LogP contribution in [0.15, 0.2) is 57.6 Å². The Balaban J connectivity index is 1.68. The lowest BCUT2D eigenvalue weighted by Crippen LogP contribution is -1.99. The average Bonchev–Trinajstić information content (AvgIpc) is 3.39. The normalized spacial score (nSPS) is 11.0. The van der Waals surface area contributed by atoms with Crippen LogP contribution in [0.3, 0.4) is 0 Å². The third-order valence-corrected chi connectivity index (χ3v) is 5.74. The van der Waals surface area contributed by atoms with E-state index < -0.39 is 5.97 Å². The highest BCUT2D eigenvalue weighted by molar-refractivity contribution is 7.98. The van der Waals surface area contributed by atoms with Gasteiger partial charge in [-0.1, -0.05) is 29.4 Å². The van der Waals surface area contributed by atoms with Crippen LogP contribution in [0.4, 0.5) is 0 Å². The van der Waals surface area contributed by atoms with Crippen molar-refractivity contribution in [2.24, 2.45) is 0 Å². The van der Waals surface area contributed by atoms with E-state index in [-0.39, 0.29) is 5.69 Å². The van der Waals surface area contributed by atoms with E-state index in [1.165, 1.54) is 28.5 Å². The molecule has 0 fully saturated rings. The molecule has 4 rings (SSSR count). The van der Waals surface area contributed by atoms with Gasteiger partial charge in [-0.25, -0.2) is 9.78 Å². The topological polar surface area (TPSA) is 94.0 Å². The molecule has 0 unspecified atom stereocenters. The predicted octanol–water partition coefficient (Wildman–Crippen LogP) is 4.63. The van der Waals surface area contributed by atoms with Gasteiger partial charge in [0.05, 0.1) is 17.7 Å². The molecule has 1 N–H and O–H groups in total. The van der Waals surface area contributed by atoms with Crippen molar-refractivity contribution in [1.29, 1.82) is 0 Å². The summed E-state index contributed by atoms with van der Waals surface area (Å²) < 4.78 is 7.32. The van der Waals surface area contributed by atoms with Gasteiger partial charge >= 0.3 is 5.97 Å². The number of benzene rings is 1. The van der Waals surface area contributed by atoms with Crippen molar-refractivity contribution in [2.45, 2.75) is 10.9 Å². The number of halogens is 1.